The Morgan fingerprint density at radius 2 is 2.24 bits per heavy atom. The summed E-state index contributed by atoms with van der Waals surface area (Å²) >= 11 is 0. The minimum absolute atomic E-state index is 0.0143. The molecule has 1 amide bonds. The summed E-state index contributed by atoms with van der Waals surface area (Å²) in [4.78, 5) is 25.8. The summed E-state index contributed by atoms with van der Waals surface area (Å²) in [6.07, 6.45) is 0.905. The molecule has 1 aromatic rings. The molecule has 2 rings (SSSR count). The van der Waals surface area contributed by atoms with Gasteiger partial charge >= 0.3 is 5.69 Å². The van der Waals surface area contributed by atoms with Gasteiger partial charge in [-0.05, 0) is 6.92 Å². The van der Waals surface area contributed by atoms with Crippen molar-refractivity contribution in [3.8, 4) is 0 Å². The molecule has 0 aliphatic carbocycles. The summed E-state index contributed by atoms with van der Waals surface area (Å²) < 4.78 is 11.9. The monoisotopic (exact) mass is 298 g/mol. The summed E-state index contributed by atoms with van der Waals surface area (Å²) in [7, 11) is 3.19. The lowest BCUT2D eigenvalue weighted by Gasteiger charge is -2.23. The molecule has 1 fully saturated rings. The molecule has 1 aliphatic heterocycles. The van der Waals surface area contributed by atoms with Crippen molar-refractivity contribution in [2.45, 2.75) is 38.5 Å². The smallest absolute Gasteiger partial charge is 0.343 e. The zero-order valence-corrected chi connectivity index (χ0v) is 12.7. The lowest BCUT2D eigenvalue weighted by molar-refractivity contribution is -0.133. The molecule has 0 radical (unpaired) electrons. The molecule has 2 heterocycles. The van der Waals surface area contributed by atoms with E-state index in [0.29, 0.717) is 38.4 Å². The Hall–Kier alpha value is -1.67. The third-order valence-corrected chi connectivity index (χ3v) is 3.84. The summed E-state index contributed by atoms with van der Waals surface area (Å²) in [5.74, 6) is 0.576. The molecule has 0 saturated carbocycles. The SMILES string of the molecule is CCn1c([C@@H]2C[C@H](OC)CN2C(=O)CCOC)n[nH]c1=O. The number of nitrogens with one attached hydrogen (secondary N) is 1. The van der Waals surface area contributed by atoms with Crippen molar-refractivity contribution in [1.82, 2.24) is 19.7 Å². The molecule has 0 bridgehead atoms. The number of carbonyl (C=O) groups is 1. The van der Waals surface area contributed by atoms with Gasteiger partial charge in [-0.25, -0.2) is 9.89 Å². The first-order valence-electron chi connectivity index (χ1n) is 7.08. The Bertz CT molecular complexity index is 539. The summed E-state index contributed by atoms with van der Waals surface area (Å²) in [5, 5.41) is 6.55. The van der Waals surface area contributed by atoms with Crippen LogP contribution in [0.2, 0.25) is 0 Å². The maximum Gasteiger partial charge on any atom is 0.343 e. The molecule has 0 aromatic carbocycles. The number of aromatic amines is 1. The Morgan fingerprint density at radius 1 is 1.48 bits per heavy atom. The van der Waals surface area contributed by atoms with Gasteiger partial charge in [-0.1, -0.05) is 0 Å². The zero-order valence-electron chi connectivity index (χ0n) is 12.7. The van der Waals surface area contributed by atoms with E-state index in [9.17, 15) is 9.59 Å². The first-order chi connectivity index (χ1) is 10.1. The van der Waals surface area contributed by atoms with E-state index in [1.807, 2.05) is 6.92 Å². The highest BCUT2D eigenvalue weighted by atomic mass is 16.5. The second-order valence-electron chi connectivity index (χ2n) is 5.03. The second-order valence-corrected chi connectivity index (χ2v) is 5.03. The van der Waals surface area contributed by atoms with Gasteiger partial charge in [0.25, 0.3) is 0 Å². The number of methoxy groups -OCH3 is 2. The van der Waals surface area contributed by atoms with Crippen LogP contribution >= 0.6 is 0 Å². The second kappa shape index (κ2) is 6.86. The molecule has 1 saturated heterocycles. The summed E-state index contributed by atoms with van der Waals surface area (Å²) in [5.41, 5.74) is -0.252. The van der Waals surface area contributed by atoms with E-state index in [1.54, 1.807) is 23.7 Å². The van der Waals surface area contributed by atoms with Crippen LogP contribution in [0, 0.1) is 0 Å². The minimum Gasteiger partial charge on any atom is -0.384 e. The van der Waals surface area contributed by atoms with Crippen molar-refractivity contribution >= 4 is 5.91 Å². The number of H-pyrrole nitrogens is 1. The molecule has 1 aromatic heterocycles. The average Bonchev–Trinajstić information content (AvgIpc) is 3.07. The van der Waals surface area contributed by atoms with Crippen LogP contribution in [0.5, 0.6) is 0 Å². The number of ether oxygens (including phenoxy) is 2. The summed E-state index contributed by atoms with van der Waals surface area (Å²) in [6.45, 7) is 3.27. The molecule has 0 unspecified atom stereocenters. The fourth-order valence-corrected chi connectivity index (χ4v) is 2.71. The van der Waals surface area contributed by atoms with Crippen LogP contribution in [0.3, 0.4) is 0 Å². The third kappa shape index (κ3) is 3.16. The van der Waals surface area contributed by atoms with E-state index in [-0.39, 0.29) is 23.7 Å². The predicted molar refractivity (Wildman–Crippen MR) is 74.9 cm³/mol. The van der Waals surface area contributed by atoms with Gasteiger partial charge in [-0.15, -0.1) is 0 Å². The molecule has 2 atom stereocenters. The molecule has 21 heavy (non-hydrogen) atoms. The molecule has 0 spiro atoms. The van der Waals surface area contributed by atoms with Crippen molar-refractivity contribution in [3.63, 3.8) is 0 Å². The van der Waals surface area contributed by atoms with Crippen molar-refractivity contribution in [1.29, 1.82) is 0 Å². The van der Waals surface area contributed by atoms with Gasteiger partial charge in [0.05, 0.1) is 25.2 Å². The van der Waals surface area contributed by atoms with Crippen molar-refractivity contribution in [3.05, 3.63) is 16.3 Å². The number of hydrogen-bond donors (Lipinski definition) is 1. The van der Waals surface area contributed by atoms with Gasteiger partial charge in [0.2, 0.25) is 5.91 Å². The van der Waals surface area contributed by atoms with Crippen LogP contribution in [0.1, 0.15) is 31.6 Å². The van der Waals surface area contributed by atoms with Crippen LogP contribution in [0.25, 0.3) is 0 Å². The first kappa shape index (κ1) is 15.7. The number of likely N-dealkylation sites (tertiary alicyclic amines) is 1. The standard InChI is InChI=1S/C13H22N4O4/c1-4-16-12(14-15-13(16)19)10-7-9(21-3)8-17(10)11(18)5-6-20-2/h9-10H,4-8H2,1-3H3,(H,15,19)/t9-,10-/m0/s1. The Kier molecular flexibility index (Phi) is 5.13. The normalized spacial score (nSPS) is 22.0. The lowest BCUT2D eigenvalue weighted by atomic mass is 10.2. The fourth-order valence-electron chi connectivity index (χ4n) is 2.71. The van der Waals surface area contributed by atoms with E-state index in [0.717, 1.165) is 0 Å². The predicted octanol–water partition coefficient (Wildman–Crippen LogP) is -0.0838. The fraction of sp³-hybridized carbons (Fsp3) is 0.769. The van der Waals surface area contributed by atoms with Gasteiger partial charge in [-0.2, -0.15) is 5.10 Å². The quantitative estimate of drug-likeness (QED) is 0.793. The number of amides is 1. The molecule has 8 heteroatoms. The van der Waals surface area contributed by atoms with Crippen LogP contribution in [0.4, 0.5) is 0 Å². The number of carbonyl (C=O) groups excluding carboxylic acids is 1. The number of nitrogens with zero attached hydrogens (tertiary/aromatic N) is 3. The van der Waals surface area contributed by atoms with Gasteiger partial charge in [0.1, 0.15) is 0 Å². The molecular formula is C13H22N4O4. The Balaban J connectivity index is 2.25. The van der Waals surface area contributed by atoms with Crippen LogP contribution in [-0.2, 0) is 20.8 Å². The largest absolute Gasteiger partial charge is 0.384 e. The highest BCUT2D eigenvalue weighted by Crippen LogP contribution is 2.32. The Morgan fingerprint density at radius 3 is 2.86 bits per heavy atom. The molecule has 1 N–H and O–H groups in total. The topological polar surface area (TPSA) is 89.4 Å². The minimum atomic E-state index is -0.252. The molecule has 8 nitrogen and oxygen atoms in total. The van der Waals surface area contributed by atoms with E-state index in [1.165, 1.54) is 0 Å². The van der Waals surface area contributed by atoms with E-state index in [4.69, 9.17) is 9.47 Å². The van der Waals surface area contributed by atoms with Gasteiger partial charge in [-0.3, -0.25) is 9.36 Å². The van der Waals surface area contributed by atoms with Crippen LogP contribution in [0.15, 0.2) is 4.79 Å². The van der Waals surface area contributed by atoms with Crippen molar-refractivity contribution in [2.24, 2.45) is 0 Å². The molecule has 118 valence electrons. The maximum atomic E-state index is 12.3. The van der Waals surface area contributed by atoms with Gasteiger partial charge in [0, 0.05) is 33.7 Å². The number of rotatable bonds is 6. The zero-order chi connectivity index (χ0) is 15.4. The third-order valence-electron chi connectivity index (χ3n) is 3.84. The first-order valence-corrected chi connectivity index (χ1v) is 7.08. The highest BCUT2D eigenvalue weighted by molar-refractivity contribution is 5.77. The molecule has 1 aliphatic rings. The van der Waals surface area contributed by atoms with Gasteiger partial charge in [0.15, 0.2) is 5.82 Å². The van der Waals surface area contributed by atoms with E-state index in [2.05, 4.69) is 10.2 Å². The Labute approximate surface area is 123 Å². The number of aromatic nitrogens is 3. The van der Waals surface area contributed by atoms with E-state index >= 15 is 0 Å². The molecular weight excluding hydrogens is 276 g/mol. The van der Waals surface area contributed by atoms with E-state index < -0.39 is 0 Å². The average molecular weight is 298 g/mol. The van der Waals surface area contributed by atoms with Crippen molar-refractivity contribution in [2.75, 3.05) is 27.4 Å². The van der Waals surface area contributed by atoms with Gasteiger partial charge < -0.3 is 14.4 Å². The van der Waals surface area contributed by atoms with Crippen LogP contribution in [-0.4, -0.2) is 59.0 Å². The highest BCUT2D eigenvalue weighted by Gasteiger charge is 2.38. The van der Waals surface area contributed by atoms with Crippen molar-refractivity contribution < 1.29 is 14.3 Å². The maximum absolute atomic E-state index is 12.3. The summed E-state index contributed by atoms with van der Waals surface area (Å²) in [6, 6.07) is -0.238. The lowest BCUT2D eigenvalue weighted by Crippen LogP contribution is -2.34. The van der Waals surface area contributed by atoms with Crippen LogP contribution < -0.4 is 5.69 Å². The number of hydrogen-bond acceptors (Lipinski definition) is 5.